The molecule has 5 nitrogen and oxygen atoms in total. The van der Waals surface area contributed by atoms with Crippen LogP contribution in [0.15, 0.2) is 21.0 Å². The number of hydrogen-bond acceptors (Lipinski definition) is 6. The van der Waals surface area contributed by atoms with E-state index in [-0.39, 0.29) is 5.03 Å². The monoisotopic (exact) mass is 268 g/mol. The normalized spacial score (nSPS) is 10.8. The van der Waals surface area contributed by atoms with Crippen LogP contribution in [0.4, 0.5) is 4.39 Å². The van der Waals surface area contributed by atoms with E-state index in [1.54, 1.807) is 0 Å². The highest BCUT2D eigenvalue weighted by Crippen LogP contribution is 2.27. The third kappa shape index (κ3) is 2.84. The van der Waals surface area contributed by atoms with Crippen LogP contribution in [-0.2, 0) is 12.8 Å². The van der Waals surface area contributed by atoms with Crippen LogP contribution in [0.5, 0.6) is 0 Å². The van der Waals surface area contributed by atoms with Crippen molar-refractivity contribution in [3.05, 3.63) is 23.7 Å². The fourth-order valence-corrected chi connectivity index (χ4v) is 2.07. The van der Waals surface area contributed by atoms with Crippen molar-refractivity contribution in [2.75, 3.05) is 0 Å². The number of nitrogens with zero attached hydrogens (tertiary/aromatic N) is 4. The summed E-state index contributed by atoms with van der Waals surface area (Å²) in [6.45, 7) is 3.86. The van der Waals surface area contributed by atoms with E-state index in [1.807, 2.05) is 13.8 Å². The second-order valence-electron chi connectivity index (χ2n) is 3.61. The number of aryl methyl sites for hydroxylation is 2. The van der Waals surface area contributed by atoms with Crippen LogP contribution in [0, 0.1) is 5.82 Å². The Kier molecular flexibility index (Phi) is 4.24. The Morgan fingerprint density at radius 2 is 2.11 bits per heavy atom. The summed E-state index contributed by atoms with van der Waals surface area (Å²) in [6, 6.07) is 0. The van der Waals surface area contributed by atoms with Gasteiger partial charge < -0.3 is 4.42 Å². The van der Waals surface area contributed by atoms with Gasteiger partial charge in [0.05, 0.1) is 5.69 Å². The van der Waals surface area contributed by atoms with Gasteiger partial charge in [0.1, 0.15) is 11.4 Å². The summed E-state index contributed by atoms with van der Waals surface area (Å²) in [7, 11) is 0. The highest BCUT2D eigenvalue weighted by Gasteiger charge is 2.14. The fraction of sp³-hybridized carbons (Fsp3) is 0.455. The molecule has 18 heavy (non-hydrogen) atoms. The molecule has 0 radical (unpaired) electrons. The van der Waals surface area contributed by atoms with Crippen LogP contribution in [0.25, 0.3) is 0 Å². The molecule has 0 atom stereocenters. The van der Waals surface area contributed by atoms with Gasteiger partial charge in [-0.1, -0.05) is 13.8 Å². The van der Waals surface area contributed by atoms with Gasteiger partial charge in [-0.15, -0.1) is 10.2 Å². The van der Waals surface area contributed by atoms with E-state index in [1.165, 1.54) is 6.33 Å². The minimum Gasteiger partial charge on any atom is -0.416 e. The maximum absolute atomic E-state index is 13.9. The largest absolute Gasteiger partial charge is 0.416 e. The molecular weight excluding hydrogens is 255 g/mol. The molecule has 0 bridgehead atoms. The topological polar surface area (TPSA) is 64.7 Å². The molecule has 0 saturated heterocycles. The quantitative estimate of drug-likeness (QED) is 0.777. The summed E-state index contributed by atoms with van der Waals surface area (Å²) >= 11 is 1.02. The fourth-order valence-electron chi connectivity index (χ4n) is 1.38. The highest BCUT2D eigenvalue weighted by molar-refractivity contribution is 7.99. The van der Waals surface area contributed by atoms with Gasteiger partial charge in [-0.3, -0.25) is 0 Å². The number of aromatic nitrogens is 4. The molecule has 0 unspecified atom stereocenters. The van der Waals surface area contributed by atoms with Crippen molar-refractivity contribution >= 4 is 11.8 Å². The molecule has 0 fully saturated rings. The predicted molar refractivity (Wildman–Crippen MR) is 63.8 cm³/mol. The lowest BCUT2D eigenvalue weighted by Gasteiger charge is -2.01. The Morgan fingerprint density at radius 3 is 2.83 bits per heavy atom. The van der Waals surface area contributed by atoms with Gasteiger partial charge in [-0.05, 0) is 24.6 Å². The molecule has 2 aromatic rings. The van der Waals surface area contributed by atoms with Gasteiger partial charge in [0, 0.05) is 6.42 Å². The molecule has 0 aromatic carbocycles. The van der Waals surface area contributed by atoms with Crippen molar-refractivity contribution in [3.63, 3.8) is 0 Å². The summed E-state index contributed by atoms with van der Waals surface area (Å²) in [6.07, 6.45) is 3.51. The first kappa shape index (κ1) is 12.9. The third-order valence-corrected chi connectivity index (χ3v) is 3.08. The van der Waals surface area contributed by atoms with E-state index < -0.39 is 5.82 Å². The van der Waals surface area contributed by atoms with Crippen molar-refractivity contribution < 1.29 is 8.81 Å². The second kappa shape index (κ2) is 5.90. The van der Waals surface area contributed by atoms with Crippen LogP contribution in [-0.4, -0.2) is 20.2 Å². The summed E-state index contributed by atoms with van der Waals surface area (Å²) in [5.41, 5.74) is 0.390. The minimum atomic E-state index is -0.416. The lowest BCUT2D eigenvalue weighted by molar-refractivity contribution is 0.410. The van der Waals surface area contributed by atoms with Crippen molar-refractivity contribution in [3.8, 4) is 0 Å². The molecule has 0 N–H and O–H groups in total. The van der Waals surface area contributed by atoms with Crippen molar-refractivity contribution in [1.29, 1.82) is 0 Å². The van der Waals surface area contributed by atoms with Gasteiger partial charge in [-0.25, -0.2) is 14.4 Å². The zero-order valence-electron chi connectivity index (χ0n) is 10.2. The molecule has 0 aliphatic heterocycles. The summed E-state index contributed by atoms with van der Waals surface area (Å²) < 4.78 is 19.2. The van der Waals surface area contributed by atoms with Crippen molar-refractivity contribution in [2.45, 2.75) is 43.4 Å². The molecule has 2 rings (SSSR count). The average molecular weight is 268 g/mol. The zero-order valence-corrected chi connectivity index (χ0v) is 11.0. The van der Waals surface area contributed by atoms with E-state index >= 15 is 0 Å². The number of halogens is 1. The van der Waals surface area contributed by atoms with E-state index in [4.69, 9.17) is 4.42 Å². The molecule has 2 heterocycles. The van der Waals surface area contributed by atoms with E-state index in [2.05, 4.69) is 20.2 Å². The van der Waals surface area contributed by atoms with E-state index in [9.17, 15) is 4.39 Å². The van der Waals surface area contributed by atoms with Crippen LogP contribution < -0.4 is 0 Å². The molecule has 7 heteroatoms. The highest BCUT2D eigenvalue weighted by atomic mass is 32.2. The van der Waals surface area contributed by atoms with Gasteiger partial charge in [0.25, 0.3) is 5.22 Å². The van der Waals surface area contributed by atoms with E-state index in [0.717, 1.165) is 24.6 Å². The first-order valence-electron chi connectivity index (χ1n) is 5.74. The Morgan fingerprint density at radius 1 is 1.28 bits per heavy atom. The van der Waals surface area contributed by atoms with Crippen LogP contribution in [0.1, 0.15) is 31.9 Å². The van der Waals surface area contributed by atoms with Crippen LogP contribution >= 0.6 is 11.8 Å². The summed E-state index contributed by atoms with van der Waals surface area (Å²) in [5.74, 6) is 0.144. The third-order valence-electron chi connectivity index (χ3n) is 2.26. The predicted octanol–water partition coefficient (Wildman–Crippen LogP) is 2.66. The molecular formula is C11H13FN4OS. The Hall–Kier alpha value is -1.50. The average Bonchev–Trinajstić information content (AvgIpc) is 2.80. The van der Waals surface area contributed by atoms with E-state index in [0.29, 0.717) is 23.2 Å². The number of rotatable bonds is 5. The first-order valence-corrected chi connectivity index (χ1v) is 6.55. The van der Waals surface area contributed by atoms with Gasteiger partial charge in [0.15, 0.2) is 5.82 Å². The standard InChI is InChI=1S/C11H13FN4OS/c1-3-5-8-15-16-11(17-8)18-10-9(12)7(4-2)13-6-14-10/h6H,3-5H2,1-2H3. The lowest BCUT2D eigenvalue weighted by Crippen LogP contribution is -1.97. The Balaban J connectivity index is 2.17. The minimum absolute atomic E-state index is 0.216. The van der Waals surface area contributed by atoms with Gasteiger partial charge >= 0.3 is 0 Å². The maximum Gasteiger partial charge on any atom is 0.283 e. The summed E-state index contributed by atoms with van der Waals surface area (Å²) in [4.78, 5) is 7.75. The van der Waals surface area contributed by atoms with Crippen LogP contribution in [0.3, 0.4) is 0 Å². The van der Waals surface area contributed by atoms with Crippen LogP contribution in [0.2, 0.25) is 0 Å². The van der Waals surface area contributed by atoms with Crippen molar-refractivity contribution in [1.82, 2.24) is 20.2 Å². The summed E-state index contributed by atoms with van der Waals surface area (Å²) in [5, 5.41) is 8.24. The smallest absolute Gasteiger partial charge is 0.283 e. The molecule has 96 valence electrons. The van der Waals surface area contributed by atoms with Gasteiger partial charge in [-0.2, -0.15) is 0 Å². The molecule has 2 aromatic heterocycles. The molecule has 0 aliphatic rings. The zero-order chi connectivity index (χ0) is 13.0. The first-order chi connectivity index (χ1) is 8.74. The molecule has 0 amide bonds. The molecule has 0 spiro atoms. The number of hydrogen-bond donors (Lipinski definition) is 0. The lowest BCUT2D eigenvalue weighted by atomic mass is 10.3. The van der Waals surface area contributed by atoms with Gasteiger partial charge in [0.2, 0.25) is 5.89 Å². The molecule has 0 saturated carbocycles. The maximum atomic E-state index is 13.9. The SMILES string of the molecule is CCCc1nnc(Sc2ncnc(CC)c2F)o1. The Bertz CT molecular complexity index is 532. The molecule has 0 aliphatic carbocycles. The second-order valence-corrected chi connectivity index (χ2v) is 4.55. The van der Waals surface area contributed by atoms with Crippen molar-refractivity contribution in [2.24, 2.45) is 0 Å². The Labute approximate surface area is 108 Å².